The summed E-state index contributed by atoms with van der Waals surface area (Å²) in [6.07, 6.45) is -2.29. The fraction of sp³-hybridized carbons (Fsp3) is 0.300. The highest BCUT2D eigenvalue weighted by molar-refractivity contribution is 5.96. The first-order valence-electron chi connectivity index (χ1n) is 8.44. The molecule has 26 heavy (non-hydrogen) atoms. The van der Waals surface area contributed by atoms with Crippen molar-refractivity contribution >= 4 is 12.0 Å². The maximum absolute atomic E-state index is 14.3. The Bertz CT molecular complexity index is 738. The molecule has 1 saturated heterocycles. The number of amides is 2. The molecule has 5 nitrogen and oxygen atoms in total. The molecule has 1 aliphatic heterocycles. The molecule has 0 aliphatic carbocycles. The van der Waals surface area contributed by atoms with E-state index in [1.54, 1.807) is 0 Å². The molecule has 0 saturated carbocycles. The van der Waals surface area contributed by atoms with Crippen LogP contribution in [0.2, 0.25) is 0 Å². The highest BCUT2D eigenvalue weighted by Gasteiger charge is 2.41. The van der Waals surface area contributed by atoms with Gasteiger partial charge in [-0.05, 0) is 17.5 Å². The molecule has 136 valence electrons. The minimum atomic E-state index is -1.91. The van der Waals surface area contributed by atoms with Crippen LogP contribution in [-0.2, 0) is 27.3 Å². The zero-order valence-corrected chi connectivity index (χ0v) is 14.2. The number of imide groups is 1. The summed E-state index contributed by atoms with van der Waals surface area (Å²) >= 11 is 0. The summed E-state index contributed by atoms with van der Waals surface area (Å²) in [5.74, 6) is -0.915. The van der Waals surface area contributed by atoms with E-state index in [4.69, 9.17) is 9.47 Å². The summed E-state index contributed by atoms with van der Waals surface area (Å²) in [6.45, 7) is -0.140. The number of carbonyl (C=O) groups excluding carboxylic acids is 2. The van der Waals surface area contributed by atoms with Gasteiger partial charge in [-0.15, -0.1) is 0 Å². The number of ether oxygens (including phenoxy) is 2. The summed E-state index contributed by atoms with van der Waals surface area (Å²) in [4.78, 5) is 25.1. The van der Waals surface area contributed by atoms with Crippen molar-refractivity contribution in [1.82, 2.24) is 4.90 Å². The topological polar surface area (TPSA) is 55.8 Å². The van der Waals surface area contributed by atoms with Gasteiger partial charge in [0.25, 0.3) is 5.91 Å². The Morgan fingerprint density at radius 3 is 2.38 bits per heavy atom. The molecule has 1 aliphatic rings. The standard InChI is InChI=1S/C20H20FNO4/c21-18(14-25-12-16-9-5-2-6-10-16)19(23)22-17(13-26-20(22)24)11-15-7-3-1-4-8-15/h1-10,17-18H,11-14H2/t17-,18-/m0/s1. The number of nitrogens with zero attached hydrogens (tertiary/aromatic N) is 1. The largest absolute Gasteiger partial charge is 0.447 e. The quantitative estimate of drug-likeness (QED) is 0.764. The van der Waals surface area contributed by atoms with Crippen molar-refractivity contribution in [2.75, 3.05) is 13.2 Å². The predicted molar refractivity (Wildman–Crippen MR) is 93.1 cm³/mol. The van der Waals surface area contributed by atoms with E-state index in [0.717, 1.165) is 16.0 Å². The van der Waals surface area contributed by atoms with Gasteiger partial charge in [0.05, 0.1) is 19.3 Å². The second kappa shape index (κ2) is 8.58. The van der Waals surface area contributed by atoms with Crippen LogP contribution >= 0.6 is 0 Å². The van der Waals surface area contributed by atoms with Crippen molar-refractivity contribution in [3.63, 3.8) is 0 Å². The number of benzene rings is 2. The van der Waals surface area contributed by atoms with Crippen molar-refractivity contribution in [2.45, 2.75) is 25.2 Å². The van der Waals surface area contributed by atoms with Crippen LogP contribution in [0.3, 0.4) is 0 Å². The molecule has 0 radical (unpaired) electrons. The molecule has 6 heteroatoms. The molecule has 2 amide bonds. The minimum absolute atomic E-state index is 0.0665. The summed E-state index contributed by atoms with van der Waals surface area (Å²) in [6, 6.07) is 18.2. The van der Waals surface area contributed by atoms with Crippen LogP contribution in [0, 0.1) is 0 Å². The monoisotopic (exact) mass is 357 g/mol. The average molecular weight is 357 g/mol. The predicted octanol–water partition coefficient (Wildman–Crippen LogP) is 3.13. The Hall–Kier alpha value is -2.73. The zero-order valence-electron chi connectivity index (χ0n) is 14.2. The molecular formula is C20H20FNO4. The molecule has 2 aromatic rings. The third kappa shape index (κ3) is 4.46. The molecule has 1 heterocycles. The van der Waals surface area contributed by atoms with Crippen molar-refractivity contribution in [2.24, 2.45) is 0 Å². The van der Waals surface area contributed by atoms with Crippen LogP contribution in [0.4, 0.5) is 9.18 Å². The SMILES string of the molecule is O=C1OC[C@H](Cc2ccccc2)N1C(=O)[C@@H](F)COCc1ccccc1. The molecule has 2 aromatic carbocycles. The average Bonchev–Trinajstić information content (AvgIpc) is 3.03. The molecule has 3 rings (SSSR count). The number of rotatable bonds is 7. The Kier molecular flexibility index (Phi) is 5.96. The maximum atomic E-state index is 14.3. The normalized spacial score (nSPS) is 17.8. The van der Waals surface area contributed by atoms with E-state index in [1.165, 1.54) is 0 Å². The number of alkyl halides is 1. The van der Waals surface area contributed by atoms with Gasteiger partial charge in [0.2, 0.25) is 6.17 Å². The van der Waals surface area contributed by atoms with Gasteiger partial charge in [0, 0.05) is 0 Å². The molecule has 0 bridgehead atoms. The lowest BCUT2D eigenvalue weighted by atomic mass is 10.1. The molecule has 0 N–H and O–H groups in total. The van der Waals surface area contributed by atoms with E-state index in [1.807, 2.05) is 60.7 Å². The second-order valence-corrected chi connectivity index (χ2v) is 6.10. The summed E-state index contributed by atoms with van der Waals surface area (Å²) in [5.41, 5.74) is 1.83. The van der Waals surface area contributed by atoms with Crippen LogP contribution < -0.4 is 0 Å². The first-order valence-corrected chi connectivity index (χ1v) is 8.44. The number of halogens is 1. The lowest BCUT2D eigenvalue weighted by Gasteiger charge is -2.21. The van der Waals surface area contributed by atoms with E-state index in [2.05, 4.69) is 0 Å². The fourth-order valence-electron chi connectivity index (χ4n) is 2.84. The van der Waals surface area contributed by atoms with Gasteiger partial charge in [-0.1, -0.05) is 60.7 Å². The first kappa shape index (κ1) is 18.1. The van der Waals surface area contributed by atoms with Gasteiger partial charge in [0.15, 0.2) is 0 Å². The van der Waals surface area contributed by atoms with Crippen LogP contribution in [-0.4, -0.2) is 42.3 Å². The van der Waals surface area contributed by atoms with Crippen molar-refractivity contribution < 1.29 is 23.5 Å². The summed E-state index contributed by atoms with van der Waals surface area (Å²) < 4.78 is 24.5. The van der Waals surface area contributed by atoms with Crippen LogP contribution in [0.25, 0.3) is 0 Å². The van der Waals surface area contributed by atoms with Gasteiger partial charge in [-0.25, -0.2) is 14.1 Å². The molecular weight excluding hydrogens is 337 g/mol. The molecule has 2 atom stereocenters. The number of cyclic esters (lactones) is 1. The van der Waals surface area contributed by atoms with Gasteiger partial charge in [-0.2, -0.15) is 0 Å². The number of hydrogen-bond acceptors (Lipinski definition) is 4. The smallest absolute Gasteiger partial charge is 0.417 e. The van der Waals surface area contributed by atoms with Crippen molar-refractivity contribution in [3.8, 4) is 0 Å². The van der Waals surface area contributed by atoms with Gasteiger partial charge < -0.3 is 9.47 Å². The van der Waals surface area contributed by atoms with Crippen LogP contribution in [0.5, 0.6) is 0 Å². The van der Waals surface area contributed by atoms with Gasteiger partial charge in [-0.3, -0.25) is 4.79 Å². The second-order valence-electron chi connectivity index (χ2n) is 6.10. The maximum Gasteiger partial charge on any atom is 0.417 e. The van der Waals surface area contributed by atoms with Crippen LogP contribution in [0.15, 0.2) is 60.7 Å². The summed E-state index contributed by atoms with van der Waals surface area (Å²) in [7, 11) is 0. The van der Waals surface area contributed by atoms with E-state index >= 15 is 0 Å². The van der Waals surface area contributed by atoms with E-state index < -0.39 is 30.8 Å². The zero-order chi connectivity index (χ0) is 18.4. The third-order valence-electron chi connectivity index (χ3n) is 4.16. The highest BCUT2D eigenvalue weighted by atomic mass is 19.1. The fourth-order valence-corrected chi connectivity index (χ4v) is 2.84. The Morgan fingerprint density at radius 1 is 1.12 bits per heavy atom. The molecule has 0 unspecified atom stereocenters. The Labute approximate surface area is 151 Å². The summed E-state index contributed by atoms with van der Waals surface area (Å²) in [5, 5.41) is 0. The van der Waals surface area contributed by atoms with Gasteiger partial charge >= 0.3 is 6.09 Å². The molecule has 0 aromatic heterocycles. The lowest BCUT2D eigenvalue weighted by molar-refractivity contribution is -0.136. The molecule has 1 fully saturated rings. The van der Waals surface area contributed by atoms with E-state index in [9.17, 15) is 14.0 Å². The first-order chi connectivity index (χ1) is 12.6. The minimum Gasteiger partial charge on any atom is -0.447 e. The van der Waals surface area contributed by atoms with Crippen molar-refractivity contribution in [1.29, 1.82) is 0 Å². The van der Waals surface area contributed by atoms with Gasteiger partial charge in [0.1, 0.15) is 6.61 Å². The number of hydrogen-bond donors (Lipinski definition) is 0. The Morgan fingerprint density at radius 2 is 1.73 bits per heavy atom. The number of carbonyl (C=O) groups is 2. The van der Waals surface area contributed by atoms with Crippen molar-refractivity contribution in [3.05, 3.63) is 71.8 Å². The molecule has 0 spiro atoms. The van der Waals surface area contributed by atoms with Crippen LogP contribution in [0.1, 0.15) is 11.1 Å². The highest BCUT2D eigenvalue weighted by Crippen LogP contribution is 2.19. The third-order valence-corrected chi connectivity index (χ3v) is 4.16. The van der Waals surface area contributed by atoms with E-state index in [0.29, 0.717) is 6.42 Å². The lowest BCUT2D eigenvalue weighted by Crippen LogP contribution is -2.45. The Balaban J connectivity index is 1.56. The van der Waals surface area contributed by atoms with E-state index in [-0.39, 0.29) is 13.2 Å².